The third-order valence-electron chi connectivity index (χ3n) is 2.64. The van der Waals surface area contributed by atoms with Crippen molar-refractivity contribution in [3.8, 4) is 0 Å². The first-order valence-corrected chi connectivity index (χ1v) is 5.40. The molecule has 1 saturated heterocycles. The Morgan fingerprint density at radius 3 is 2.59 bits per heavy atom. The molecule has 0 aromatic carbocycles. The molecule has 6 heteroatoms. The summed E-state index contributed by atoms with van der Waals surface area (Å²) in [5, 5.41) is 18.4. The monoisotopic (exact) mass is 242 g/mol. The van der Waals surface area contributed by atoms with E-state index in [1.54, 1.807) is 14.0 Å². The van der Waals surface area contributed by atoms with Crippen LogP contribution in [0.15, 0.2) is 12.2 Å². The number of rotatable bonds is 3. The topological polar surface area (TPSA) is 81.1 Å². The summed E-state index contributed by atoms with van der Waals surface area (Å²) in [6.45, 7) is 5.92. The molecule has 1 rings (SSSR count). The van der Waals surface area contributed by atoms with E-state index in [1.807, 2.05) is 0 Å². The molecule has 0 bridgehead atoms. The molecule has 6 nitrogen and oxygen atoms in total. The number of aliphatic hydroxyl groups is 1. The van der Waals surface area contributed by atoms with E-state index >= 15 is 0 Å². The number of nitrogens with zero attached hydrogens (tertiary/aromatic N) is 2. The van der Waals surface area contributed by atoms with Crippen molar-refractivity contribution in [2.45, 2.75) is 25.5 Å². The third-order valence-corrected chi connectivity index (χ3v) is 2.64. The summed E-state index contributed by atoms with van der Waals surface area (Å²) in [5.41, 5.74) is 0.812. The Balaban J connectivity index is 2.73. The number of hydrogen-bond acceptors (Lipinski definition) is 3. The lowest BCUT2D eigenvalue weighted by molar-refractivity contribution is -0.141. The van der Waals surface area contributed by atoms with E-state index in [0.717, 1.165) is 5.57 Å². The van der Waals surface area contributed by atoms with Gasteiger partial charge in [-0.25, -0.2) is 9.59 Å². The highest BCUT2D eigenvalue weighted by molar-refractivity contribution is 5.83. The number of aliphatic carboxylic acids is 1. The van der Waals surface area contributed by atoms with Crippen molar-refractivity contribution in [2.75, 3.05) is 20.1 Å². The smallest absolute Gasteiger partial charge is 0.326 e. The minimum absolute atomic E-state index is 0.0658. The molecule has 2 N–H and O–H groups in total. The van der Waals surface area contributed by atoms with Gasteiger partial charge in [0.1, 0.15) is 6.04 Å². The Morgan fingerprint density at radius 2 is 2.12 bits per heavy atom. The zero-order chi connectivity index (χ0) is 13.2. The van der Waals surface area contributed by atoms with Crippen LogP contribution in [-0.2, 0) is 4.79 Å². The largest absolute Gasteiger partial charge is 0.480 e. The molecule has 2 atom stereocenters. The van der Waals surface area contributed by atoms with Crippen molar-refractivity contribution < 1.29 is 19.8 Å². The van der Waals surface area contributed by atoms with E-state index in [2.05, 4.69) is 6.58 Å². The fourth-order valence-corrected chi connectivity index (χ4v) is 1.95. The molecule has 17 heavy (non-hydrogen) atoms. The number of likely N-dealkylation sites (N-methyl/N-ethyl adjacent to an activating group) is 1. The highest BCUT2D eigenvalue weighted by Gasteiger charge is 2.39. The van der Waals surface area contributed by atoms with Gasteiger partial charge in [0.25, 0.3) is 0 Å². The van der Waals surface area contributed by atoms with Gasteiger partial charge in [-0.2, -0.15) is 0 Å². The lowest BCUT2D eigenvalue weighted by Crippen LogP contribution is -2.47. The van der Waals surface area contributed by atoms with Crippen molar-refractivity contribution in [3.05, 3.63) is 12.2 Å². The molecule has 0 saturated carbocycles. The lowest BCUT2D eigenvalue weighted by Gasteiger charge is -2.27. The van der Waals surface area contributed by atoms with Gasteiger partial charge in [0.15, 0.2) is 0 Å². The molecule has 1 fully saturated rings. The van der Waals surface area contributed by atoms with Gasteiger partial charge in [0.2, 0.25) is 0 Å². The van der Waals surface area contributed by atoms with Crippen LogP contribution in [0.1, 0.15) is 13.3 Å². The van der Waals surface area contributed by atoms with Crippen LogP contribution in [0, 0.1) is 0 Å². The van der Waals surface area contributed by atoms with Crippen LogP contribution in [0.3, 0.4) is 0 Å². The number of urea groups is 1. The number of likely N-dealkylation sites (tertiary alicyclic amines) is 1. The molecule has 0 radical (unpaired) electrons. The zero-order valence-corrected chi connectivity index (χ0v) is 10.1. The second-order valence-corrected chi connectivity index (χ2v) is 4.49. The van der Waals surface area contributed by atoms with Crippen LogP contribution in [0.4, 0.5) is 4.79 Å². The highest BCUT2D eigenvalue weighted by atomic mass is 16.4. The normalized spacial score (nSPS) is 23.6. The van der Waals surface area contributed by atoms with Gasteiger partial charge in [-0.05, 0) is 6.92 Å². The van der Waals surface area contributed by atoms with Crippen LogP contribution >= 0.6 is 0 Å². The average Bonchev–Trinajstić information content (AvgIpc) is 2.58. The molecule has 1 heterocycles. The number of carboxylic acids is 1. The molecule has 0 aromatic rings. The van der Waals surface area contributed by atoms with Crippen LogP contribution < -0.4 is 0 Å². The summed E-state index contributed by atoms with van der Waals surface area (Å²) in [6.07, 6.45) is -0.680. The first-order valence-electron chi connectivity index (χ1n) is 5.40. The Morgan fingerprint density at radius 1 is 1.53 bits per heavy atom. The molecular weight excluding hydrogens is 224 g/mol. The Kier molecular flexibility index (Phi) is 4.11. The van der Waals surface area contributed by atoms with Gasteiger partial charge < -0.3 is 20.0 Å². The van der Waals surface area contributed by atoms with E-state index in [-0.39, 0.29) is 13.0 Å². The standard InChI is InChI=1S/C11H18N2O4/c1-7(2)5-12(3)11(17)13-6-8(14)4-9(13)10(15)16/h8-9,14H,1,4-6H2,2-3H3,(H,15,16). The lowest BCUT2D eigenvalue weighted by atomic mass is 10.2. The van der Waals surface area contributed by atoms with E-state index in [4.69, 9.17) is 5.11 Å². The predicted molar refractivity (Wildman–Crippen MR) is 61.6 cm³/mol. The summed E-state index contributed by atoms with van der Waals surface area (Å²) in [7, 11) is 1.58. The Bertz CT molecular complexity index is 342. The van der Waals surface area contributed by atoms with Crippen LogP contribution in [0.5, 0.6) is 0 Å². The van der Waals surface area contributed by atoms with E-state index < -0.39 is 24.1 Å². The average molecular weight is 242 g/mol. The summed E-state index contributed by atoms with van der Waals surface area (Å²) < 4.78 is 0. The van der Waals surface area contributed by atoms with E-state index in [9.17, 15) is 14.7 Å². The Labute approximate surface area is 100 Å². The molecular formula is C11H18N2O4. The molecule has 0 spiro atoms. The van der Waals surface area contributed by atoms with Gasteiger partial charge in [-0.3, -0.25) is 0 Å². The maximum Gasteiger partial charge on any atom is 0.326 e. The number of carbonyl (C=O) groups excluding carboxylic acids is 1. The molecule has 0 aliphatic carbocycles. The summed E-state index contributed by atoms with van der Waals surface area (Å²) in [5.74, 6) is -1.08. The number of aliphatic hydroxyl groups excluding tert-OH is 1. The number of amides is 2. The van der Waals surface area contributed by atoms with Crippen molar-refractivity contribution >= 4 is 12.0 Å². The van der Waals surface area contributed by atoms with Crippen molar-refractivity contribution in [1.29, 1.82) is 0 Å². The summed E-state index contributed by atoms with van der Waals surface area (Å²) in [6, 6.07) is -1.33. The van der Waals surface area contributed by atoms with Crippen molar-refractivity contribution in [3.63, 3.8) is 0 Å². The molecule has 2 unspecified atom stereocenters. The minimum atomic E-state index is -1.08. The number of β-amino-alcohol motifs (C(OH)–C–C–N with tert-alkyl or cyclic N) is 1. The fourth-order valence-electron chi connectivity index (χ4n) is 1.95. The quantitative estimate of drug-likeness (QED) is 0.689. The summed E-state index contributed by atoms with van der Waals surface area (Å²) in [4.78, 5) is 25.5. The fraction of sp³-hybridized carbons (Fsp3) is 0.636. The molecule has 0 aromatic heterocycles. The molecule has 1 aliphatic rings. The number of hydrogen-bond donors (Lipinski definition) is 2. The van der Waals surface area contributed by atoms with Gasteiger partial charge in [0, 0.05) is 26.6 Å². The SMILES string of the molecule is C=C(C)CN(C)C(=O)N1CC(O)CC1C(=O)O. The maximum atomic E-state index is 12.0. The van der Waals surface area contributed by atoms with Gasteiger partial charge in [-0.15, -0.1) is 0 Å². The van der Waals surface area contributed by atoms with Crippen LogP contribution in [0.25, 0.3) is 0 Å². The van der Waals surface area contributed by atoms with Crippen molar-refractivity contribution in [1.82, 2.24) is 9.80 Å². The number of carbonyl (C=O) groups is 2. The maximum absolute atomic E-state index is 12.0. The van der Waals surface area contributed by atoms with Crippen molar-refractivity contribution in [2.24, 2.45) is 0 Å². The highest BCUT2D eigenvalue weighted by Crippen LogP contribution is 2.19. The second-order valence-electron chi connectivity index (χ2n) is 4.49. The van der Waals surface area contributed by atoms with Crippen LogP contribution in [0.2, 0.25) is 0 Å². The minimum Gasteiger partial charge on any atom is -0.480 e. The third kappa shape index (κ3) is 3.20. The Hall–Kier alpha value is -1.56. The van der Waals surface area contributed by atoms with E-state index in [1.165, 1.54) is 9.80 Å². The number of carboxylic acid groups (broad SMARTS) is 1. The van der Waals surface area contributed by atoms with Gasteiger partial charge in [-0.1, -0.05) is 12.2 Å². The first-order chi connectivity index (χ1) is 7.82. The predicted octanol–water partition coefficient (Wildman–Crippen LogP) is 0.134. The molecule has 96 valence electrons. The first kappa shape index (κ1) is 13.5. The zero-order valence-electron chi connectivity index (χ0n) is 10.1. The van der Waals surface area contributed by atoms with Gasteiger partial charge in [0.05, 0.1) is 6.10 Å². The summed E-state index contributed by atoms with van der Waals surface area (Å²) >= 11 is 0. The second kappa shape index (κ2) is 5.18. The van der Waals surface area contributed by atoms with Gasteiger partial charge >= 0.3 is 12.0 Å². The van der Waals surface area contributed by atoms with E-state index in [0.29, 0.717) is 6.54 Å². The molecule has 2 amide bonds. The molecule has 1 aliphatic heterocycles. The van der Waals surface area contributed by atoms with Crippen LogP contribution in [-0.4, -0.2) is 64.3 Å².